The zero-order chi connectivity index (χ0) is 26.9. The fraction of sp³-hybridized carbons (Fsp3) is 0.720. The molecule has 0 aliphatic carbocycles. The van der Waals surface area contributed by atoms with Gasteiger partial charge in [0.15, 0.2) is 11.5 Å². The Morgan fingerprint density at radius 1 is 1.27 bits per heavy atom. The molecule has 2 unspecified atom stereocenters. The molecule has 1 aromatic carbocycles. The Labute approximate surface area is 201 Å². The summed E-state index contributed by atoms with van der Waals surface area (Å²) in [5.41, 5.74) is 10.1. The van der Waals surface area contributed by atoms with E-state index in [9.17, 15) is 10.3 Å². The molecule has 8 nitrogen and oxygen atoms in total. The number of carbonyl (C=O) groups excluding carboxylic acids is 1. The van der Waals surface area contributed by atoms with Crippen molar-refractivity contribution >= 4 is 5.97 Å². The third-order valence-electron chi connectivity index (χ3n) is 6.34. The molecule has 1 aliphatic rings. The maximum atomic E-state index is 12.3. The summed E-state index contributed by atoms with van der Waals surface area (Å²) >= 11 is 0. The maximum absolute atomic E-state index is 12.3. The van der Waals surface area contributed by atoms with E-state index in [1.54, 1.807) is 19.2 Å². The predicted molar refractivity (Wildman–Crippen MR) is 127 cm³/mol. The first-order chi connectivity index (χ1) is 16.9. The number of rotatable bonds is 14. The lowest BCUT2D eigenvalue weighted by atomic mass is 9.82. The van der Waals surface area contributed by atoms with Gasteiger partial charge < -0.3 is 18.9 Å². The van der Waals surface area contributed by atoms with E-state index in [0.717, 1.165) is 5.56 Å². The lowest BCUT2D eigenvalue weighted by Crippen LogP contribution is -2.29. The van der Waals surface area contributed by atoms with Crippen molar-refractivity contribution in [1.29, 1.82) is 0 Å². The van der Waals surface area contributed by atoms with Crippen LogP contribution in [0.25, 0.3) is 10.4 Å². The molecule has 33 heavy (non-hydrogen) atoms. The highest BCUT2D eigenvalue weighted by atomic mass is 16.6. The highest BCUT2D eigenvalue weighted by molar-refractivity contribution is 5.75. The molecule has 1 fully saturated rings. The topological polar surface area (TPSA) is 103 Å². The van der Waals surface area contributed by atoms with E-state index in [1.165, 1.54) is 0 Å². The van der Waals surface area contributed by atoms with E-state index < -0.39 is 19.2 Å². The van der Waals surface area contributed by atoms with Crippen LogP contribution in [0.4, 0.5) is 0 Å². The van der Waals surface area contributed by atoms with Gasteiger partial charge in [0.05, 0.1) is 29.7 Å². The van der Waals surface area contributed by atoms with Crippen molar-refractivity contribution in [2.45, 2.75) is 65.5 Å². The SMILES string of the molecule is [2H]C([2H])([2H])Oc1ccc(C[C@@H](CC(N=[N+]=[N-])C2C[C@@H](C(C)C)C(=O)O2)C(C)C)cc1OCCCOC. The normalized spacial score (nSPS) is 21.5. The second kappa shape index (κ2) is 13.3. The maximum Gasteiger partial charge on any atom is 0.309 e. The summed E-state index contributed by atoms with van der Waals surface area (Å²) in [5, 5.41) is 4.01. The number of nitrogens with zero attached hydrogens (tertiary/aromatic N) is 3. The number of ether oxygens (including phenoxy) is 4. The van der Waals surface area contributed by atoms with E-state index in [0.29, 0.717) is 44.6 Å². The molecule has 0 bridgehead atoms. The third kappa shape index (κ3) is 7.83. The van der Waals surface area contributed by atoms with Gasteiger partial charge in [0.1, 0.15) is 6.10 Å². The molecule has 1 heterocycles. The average Bonchev–Trinajstić information content (AvgIpc) is 3.18. The smallest absolute Gasteiger partial charge is 0.309 e. The Balaban J connectivity index is 2.21. The number of methoxy groups -OCH3 is 2. The van der Waals surface area contributed by atoms with Crippen LogP contribution in [0.3, 0.4) is 0 Å². The molecule has 4 atom stereocenters. The summed E-state index contributed by atoms with van der Waals surface area (Å²) in [4.78, 5) is 15.3. The van der Waals surface area contributed by atoms with Crippen LogP contribution in [0, 0.1) is 23.7 Å². The first-order valence-corrected chi connectivity index (χ1v) is 11.6. The summed E-state index contributed by atoms with van der Waals surface area (Å²) in [6, 6.07) is 4.78. The minimum absolute atomic E-state index is 0.119. The van der Waals surface area contributed by atoms with E-state index in [2.05, 4.69) is 23.9 Å². The van der Waals surface area contributed by atoms with Crippen molar-refractivity contribution in [2.75, 3.05) is 27.4 Å². The number of esters is 1. The van der Waals surface area contributed by atoms with Crippen LogP contribution in [0.2, 0.25) is 0 Å². The summed E-state index contributed by atoms with van der Waals surface area (Å²) < 4.78 is 44.0. The van der Waals surface area contributed by atoms with Crippen molar-refractivity contribution in [3.63, 3.8) is 0 Å². The second-order valence-electron chi connectivity index (χ2n) is 9.36. The molecule has 0 radical (unpaired) electrons. The summed E-state index contributed by atoms with van der Waals surface area (Å²) in [7, 11) is -0.989. The lowest BCUT2D eigenvalue weighted by Gasteiger charge is -2.27. The Kier molecular flexibility index (Phi) is 9.02. The van der Waals surface area contributed by atoms with Crippen molar-refractivity contribution < 1.29 is 27.9 Å². The van der Waals surface area contributed by atoms with E-state index >= 15 is 0 Å². The Morgan fingerprint density at radius 2 is 2.06 bits per heavy atom. The summed E-state index contributed by atoms with van der Waals surface area (Å²) in [6.07, 6.45) is 1.96. The van der Waals surface area contributed by atoms with Crippen LogP contribution in [0.15, 0.2) is 23.3 Å². The highest BCUT2D eigenvalue weighted by Gasteiger charge is 2.40. The summed E-state index contributed by atoms with van der Waals surface area (Å²) in [5.74, 6) is 0.631. The van der Waals surface area contributed by atoms with Gasteiger partial charge in [-0.25, -0.2) is 0 Å². The van der Waals surface area contributed by atoms with Crippen LogP contribution in [-0.2, 0) is 20.7 Å². The summed E-state index contributed by atoms with van der Waals surface area (Å²) in [6.45, 7) is 9.05. The largest absolute Gasteiger partial charge is 0.493 e. The predicted octanol–water partition coefficient (Wildman–Crippen LogP) is 5.58. The molecule has 0 saturated carbocycles. The third-order valence-corrected chi connectivity index (χ3v) is 6.34. The fourth-order valence-electron chi connectivity index (χ4n) is 4.22. The van der Waals surface area contributed by atoms with Gasteiger partial charge >= 0.3 is 5.97 Å². The molecule has 0 N–H and O–H groups in total. The van der Waals surface area contributed by atoms with Gasteiger partial charge in [0.25, 0.3) is 0 Å². The van der Waals surface area contributed by atoms with Gasteiger partial charge in [-0.15, -0.1) is 0 Å². The molecule has 1 saturated heterocycles. The first-order valence-electron chi connectivity index (χ1n) is 13.1. The minimum atomic E-state index is -2.60. The second-order valence-corrected chi connectivity index (χ2v) is 9.36. The Hall–Kier alpha value is -2.44. The number of azide groups is 1. The Bertz CT molecular complexity index is 903. The monoisotopic (exact) mass is 464 g/mol. The molecule has 184 valence electrons. The van der Waals surface area contributed by atoms with Crippen molar-refractivity contribution in [2.24, 2.45) is 28.8 Å². The lowest BCUT2D eigenvalue weighted by molar-refractivity contribution is -0.145. The van der Waals surface area contributed by atoms with Crippen LogP contribution >= 0.6 is 0 Å². The van der Waals surface area contributed by atoms with E-state index in [1.807, 2.05) is 19.9 Å². The number of cyclic esters (lactones) is 1. The zero-order valence-electron chi connectivity index (χ0n) is 23.3. The van der Waals surface area contributed by atoms with E-state index in [-0.39, 0.29) is 35.4 Å². The van der Waals surface area contributed by atoms with Gasteiger partial charge in [-0.05, 0) is 60.2 Å². The number of benzene rings is 1. The molecular formula is C25H39N3O5. The molecule has 0 aromatic heterocycles. The van der Waals surface area contributed by atoms with Gasteiger partial charge in [-0.3, -0.25) is 4.79 Å². The fourth-order valence-corrected chi connectivity index (χ4v) is 4.22. The van der Waals surface area contributed by atoms with Gasteiger partial charge in [-0.1, -0.05) is 38.9 Å². The molecule has 0 amide bonds. The quantitative estimate of drug-likeness (QED) is 0.117. The van der Waals surface area contributed by atoms with Gasteiger partial charge in [-0.2, -0.15) is 0 Å². The number of carbonyl (C=O) groups is 1. The first kappa shape index (κ1) is 22.4. The van der Waals surface area contributed by atoms with Crippen molar-refractivity contribution in [3.05, 3.63) is 34.2 Å². The van der Waals surface area contributed by atoms with Crippen LogP contribution in [0.1, 0.15) is 56.6 Å². The highest BCUT2D eigenvalue weighted by Crippen LogP contribution is 2.35. The van der Waals surface area contributed by atoms with Crippen molar-refractivity contribution in [3.8, 4) is 11.5 Å². The van der Waals surface area contributed by atoms with Gasteiger partial charge in [0, 0.05) is 25.0 Å². The van der Waals surface area contributed by atoms with Crippen LogP contribution < -0.4 is 9.47 Å². The molecule has 0 spiro atoms. The minimum Gasteiger partial charge on any atom is -0.493 e. The molecular weight excluding hydrogens is 422 g/mol. The Morgan fingerprint density at radius 3 is 2.67 bits per heavy atom. The average molecular weight is 465 g/mol. The van der Waals surface area contributed by atoms with Gasteiger partial charge in [0.2, 0.25) is 0 Å². The number of hydrogen-bond acceptors (Lipinski definition) is 6. The molecule has 1 aromatic rings. The molecule has 2 rings (SSSR count). The molecule has 1 aliphatic heterocycles. The zero-order valence-corrected chi connectivity index (χ0v) is 20.3. The van der Waals surface area contributed by atoms with Crippen LogP contribution in [-0.4, -0.2) is 45.5 Å². The van der Waals surface area contributed by atoms with Crippen molar-refractivity contribution in [1.82, 2.24) is 0 Å². The standard InChI is InChI=1S/C25H39N3O5/c1-16(2)19(14-21(27-28-26)23-15-20(17(3)4)25(29)33-23)12-18-8-9-22(31-6)24(13-18)32-11-7-10-30-5/h8-9,13,16-17,19-21,23H,7,10-12,14-15H2,1-6H3/t19-,20-,21?,23?/m0/s1/i6D3. The van der Waals surface area contributed by atoms with Crippen LogP contribution in [0.5, 0.6) is 11.5 Å². The van der Waals surface area contributed by atoms with E-state index in [4.69, 9.17) is 23.1 Å². The number of hydrogen-bond donors (Lipinski definition) is 0. The molecule has 8 heteroatoms.